The molecule has 23 heteroatoms. The first-order valence-corrected chi connectivity index (χ1v) is 18.1. The van der Waals surface area contributed by atoms with Crippen molar-refractivity contribution in [3.05, 3.63) is 65.6 Å². The van der Waals surface area contributed by atoms with E-state index in [0.717, 1.165) is 6.42 Å². The summed E-state index contributed by atoms with van der Waals surface area (Å²) in [4.78, 5) is 48.4. The SMILES string of the molecule is CNC(=O)c1nnc(Cl)cc1Nc1nccc(-c2cnn(C)n2)c1OC.CNC(=O)c1nnc(NC(=O)C2CC2(C)C)cc1Nc1nccc(-c2cnn(C)n2)c1OC. The van der Waals surface area contributed by atoms with E-state index < -0.39 is 11.8 Å². The number of hydrogen-bond acceptors (Lipinski definition) is 17. The van der Waals surface area contributed by atoms with Gasteiger partial charge in [0.2, 0.25) is 5.91 Å². The number of aromatic nitrogens is 12. The van der Waals surface area contributed by atoms with E-state index in [1.165, 1.54) is 44.0 Å². The highest BCUT2D eigenvalue weighted by molar-refractivity contribution is 6.29. The Hall–Kier alpha value is -7.36. The van der Waals surface area contributed by atoms with Crippen LogP contribution in [0.5, 0.6) is 11.5 Å². The molecule has 0 spiro atoms. The molecule has 6 aromatic heterocycles. The van der Waals surface area contributed by atoms with Crippen molar-refractivity contribution in [1.82, 2.24) is 71.0 Å². The van der Waals surface area contributed by atoms with Crippen LogP contribution in [-0.4, -0.2) is 106 Å². The van der Waals surface area contributed by atoms with E-state index in [0.29, 0.717) is 57.0 Å². The molecule has 1 saturated carbocycles. The number of amides is 3. The van der Waals surface area contributed by atoms with Crippen LogP contribution in [0.3, 0.4) is 0 Å². The summed E-state index contributed by atoms with van der Waals surface area (Å²) >= 11 is 5.92. The quantitative estimate of drug-likeness (QED) is 0.119. The molecule has 6 aromatic rings. The van der Waals surface area contributed by atoms with Gasteiger partial charge in [0.25, 0.3) is 11.8 Å². The number of halogens is 1. The number of anilines is 5. The van der Waals surface area contributed by atoms with Crippen molar-refractivity contribution in [2.75, 3.05) is 44.3 Å². The van der Waals surface area contributed by atoms with Crippen molar-refractivity contribution in [3.63, 3.8) is 0 Å². The Morgan fingerprint density at radius 1 is 0.763 bits per heavy atom. The van der Waals surface area contributed by atoms with Gasteiger partial charge in [-0.05, 0) is 24.0 Å². The number of hydrogen-bond donors (Lipinski definition) is 5. The average Bonchev–Trinajstić information content (AvgIpc) is 3.47. The lowest BCUT2D eigenvalue weighted by Gasteiger charge is -2.15. The van der Waals surface area contributed by atoms with Gasteiger partial charge in [0.15, 0.2) is 45.5 Å². The standard InChI is InChI=1S/C21H25N9O3.C15H15ClN8O2/c1-21(2)9-12(21)19(31)26-15-8-13(16(28-27-15)20(32)22-3)25-18-17(33-5)11(6-7-23-18)14-10-24-30(4)29-14;1-17-15(25)12-9(6-11(16)21-22-12)20-14-13(26-3)8(4-5-18-14)10-7-19-24(2)23-10/h6-8,10,12H,9H2,1-5H3,(H,22,32)(H2,23,25,26,27,31);4-7H,1-3H3,(H,17,25)(H,18,20,21). The third kappa shape index (κ3) is 9.28. The summed E-state index contributed by atoms with van der Waals surface area (Å²) in [6.45, 7) is 4.07. The lowest BCUT2D eigenvalue weighted by atomic mass is 10.1. The summed E-state index contributed by atoms with van der Waals surface area (Å²) in [5.41, 5.74) is 3.29. The molecular formula is C36H40ClN17O5. The summed E-state index contributed by atoms with van der Waals surface area (Å²) < 4.78 is 11.1. The minimum Gasteiger partial charge on any atom is -0.492 e. The van der Waals surface area contributed by atoms with Crippen molar-refractivity contribution in [1.29, 1.82) is 0 Å². The summed E-state index contributed by atoms with van der Waals surface area (Å²) in [6.07, 6.45) is 7.20. The molecule has 0 saturated heterocycles. The van der Waals surface area contributed by atoms with Crippen LogP contribution in [0.25, 0.3) is 22.5 Å². The summed E-state index contributed by atoms with van der Waals surface area (Å²) in [6, 6.07) is 6.53. The van der Waals surface area contributed by atoms with Crippen LogP contribution in [0.4, 0.5) is 28.8 Å². The minimum absolute atomic E-state index is 0.0291. The molecule has 1 unspecified atom stereocenters. The zero-order chi connectivity index (χ0) is 42.4. The highest BCUT2D eigenvalue weighted by atomic mass is 35.5. The molecule has 0 bridgehead atoms. The fourth-order valence-electron chi connectivity index (χ4n) is 5.80. The van der Waals surface area contributed by atoms with Gasteiger partial charge in [-0.3, -0.25) is 14.4 Å². The molecule has 1 fully saturated rings. The zero-order valence-corrected chi connectivity index (χ0v) is 33.9. The first-order chi connectivity index (χ1) is 28.3. The van der Waals surface area contributed by atoms with Gasteiger partial charge in [0, 0.05) is 58.6 Å². The molecule has 0 aromatic carbocycles. The Balaban J connectivity index is 0.000000204. The molecule has 1 atom stereocenters. The lowest BCUT2D eigenvalue weighted by Crippen LogP contribution is -2.23. The van der Waals surface area contributed by atoms with E-state index in [4.69, 9.17) is 21.1 Å². The molecule has 306 valence electrons. The average molecular weight is 826 g/mol. The second-order valence-corrected chi connectivity index (χ2v) is 13.9. The van der Waals surface area contributed by atoms with Crippen molar-refractivity contribution >= 4 is 58.2 Å². The Kier molecular flexibility index (Phi) is 12.2. The monoisotopic (exact) mass is 825 g/mol. The lowest BCUT2D eigenvalue weighted by molar-refractivity contribution is -0.118. The third-order valence-electron chi connectivity index (χ3n) is 9.00. The minimum atomic E-state index is -0.449. The second kappa shape index (κ2) is 17.4. The first-order valence-electron chi connectivity index (χ1n) is 17.8. The number of aryl methyl sites for hydroxylation is 2. The van der Waals surface area contributed by atoms with Crippen molar-refractivity contribution in [3.8, 4) is 34.0 Å². The highest BCUT2D eigenvalue weighted by Gasteiger charge is 2.50. The molecule has 0 aliphatic heterocycles. The zero-order valence-electron chi connectivity index (χ0n) is 33.2. The number of nitrogens with one attached hydrogen (secondary N) is 5. The maximum Gasteiger partial charge on any atom is 0.273 e. The van der Waals surface area contributed by atoms with Gasteiger partial charge in [-0.1, -0.05) is 25.4 Å². The predicted octanol–water partition coefficient (Wildman–Crippen LogP) is 3.20. The van der Waals surface area contributed by atoms with Gasteiger partial charge in [0.1, 0.15) is 11.4 Å². The Labute approximate surface area is 341 Å². The maximum atomic E-state index is 12.5. The predicted molar refractivity (Wildman–Crippen MR) is 215 cm³/mol. The molecule has 5 N–H and O–H groups in total. The molecular weight excluding hydrogens is 786 g/mol. The summed E-state index contributed by atoms with van der Waals surface area (Å²) in [5.74, 6) is 0.682. The Bertz CT molecular complexity index is 2520. The van der Waals surface area contributed by atoms with Gasteiger partial charge in [-0.2, -0.15) is 30.0 Å². The van der Waals surface area contributed by atoms with E-state index in [9.17, 15) is 14.4 Å². The van der Waals surface area contributed by atoms with Crippen LogP contribution >= 0.6 is 11.6 Å². The number of nitrogens with zero attached hydrogens (tertiary/aromatic N) is 12. The van der Waals surface area contributed by atoms with Gasteiger partial charge in [0.05, 0.1) is 49.1 Å². The van der Waals surface area contributed by atoms with Crippen LogP contribution in [0.2, 0.25) is 5.15 Å². The molecule has 6 heterocycles. The normalized spacial score (nSPS) is 13.6. The molecule has 0 radical (unpaired) electrons. The molecule has 22 nitrogen and oxygen atoms in total. The fraction of sp³-hybridized carbons (Fsp3) is 0.306. The van der Waals surface area contributed by atoms with Crippen LogP contribution in [0.1, 0.15) is 41.2 Å². The molecule has 59 heavy (non-hydrogen) atoms. The van der Waals surface area contributed by atoms with Gasteiger partial charge in [-0.25, -0.2) is 9.97 Å². The maximum absolute atomic E-state index is 12.5. The van der Waals surface area contributed by atoms with Crippen LogP contribution in [0, 0.1) is 11.3 Å². The van der Waals surface area contributed by atoms with E-state index in [2.05, 4.69) is 77.3 Å². The topological polar surface area (TPSA) is 269 Å². The van der Waals surface area contributed by atoms with E-state index in [-0.39, 0.29) is 39.6 Å². The van der Waals surface area contributed by atoms with Crippen LogP contribution in [-0.2, 0) is 18.9 Å². The van der Waals surface area contributed by atoms with Gasteiger partial charge >= 0.3 is 0 Å². The molecule has 3 amide bonds. The van der Waals surface area contributed by atoms with E-state index in [1.54, 1.807) is 57.1 Å². The molecule has 1 aliphatic carbocycles. The number of carbonyl (C=O) groups is 3. The number of pyridine rings is 2. The number of ether oxygens (including phenoxy) is 2. The smallest absolute Gasteiger partial charge is 0.273 e. The summed E-state index contributed by atoms with van der Waals surface area (Å²) in [5, 5.41) is 46.4. The van der Waals surface area contributed by atoms with Crippen molar-refractivity contribution in [2.24, 2.45) is 25.4 Å². The fourth-order valence-corrected chi connectivity index (χ4v) is 5.94. The largest absolute Gasteiger partial charge is 0.492 e. The number of carbonyl (C=O) groups excluding carboxylic acids is 3. The Morgan fingerprint density at radius 3 is 1.66 bits per heavy atom. The van der Waals surface area contributed by atoms with Crippen LogP contribution in [0.15, 0.2) is 49.1 Å². The van der Waals surface area contributed by atoms with Crippen molar-refractivity contribution < 1.29 is 23.9 Å². The first kappa shape index (κ1) is 41.3. The van der Waals surface area contributed by atoms with Gasteiger partial charge < -0.3 is 36.1 Å². The van der Waals surface area contributed by atoms with E-state index in [1.807, 2.05) is 13.8 Å². The molecule has 7 rings (SSSR count). The van der Waals surface area contributed by atoms with E-state index >= 15 is 0 Å². The van der Waals surface area contributed by atoms with Crippen molar-refractivity contribution in [2.45, 2.75) is 20.3 Å². The second-order valence-electron chi connectivity index (χ2n) is 13.5. The van der Waals surface area contributed by atoms with Crippen LogP contribution < -0.4 is 36.1 Å². The number of rotatable bonds is 12. The molecule has 1 aliphatic rings. The summed E-state index contributed by atoms with van der Waals surface area (Å²) in [7, 11) is 9.45. The third-order valence-corrected chi connectivity index (χ3v) is 9.18. The Morgan fingerprint density at radius 2 is 1.24 bits per heavy atom. The highest BCUT2D eigenvalue weighted by Crippen LogP contribution is 2.52. The number of methoxy groups -OCH3 is 2. The van der Waals surface area contributed by atoms with Gasteiger partial charge in [-0.15, -0.1) is 20.4 Å².